The number of hydrogen-bond donors (Lipinski definition) is 1. The van der Waals surface area contributed by atoms with Crippen LogP contribution in [-0.4, -0.2) is 17.5 Å². The summed E-state index contributed by atoms with van der Waals surface area (Å²) in [7, 11) is 0. The van der Waals surface area contributed by atoms with Crippen LogP contribution in [-0.2, 0) is 4.79 Å². The molecule has 14 heavy (non-hydrogen) atoms. The Balaban J connectivity index is 1.90. The Morgan fingerprint density at radius 1 is 1.36 bits per heavy atom. The number of Topliss-reactive ketones (excluding diaryl/α,β-unsaturated/α-hetero) is 1. The maximum Gasteiger partial charge on any atom is 0.162 e. The highest BCUT2D eigenvalue weighted by atomic mass is 16.3. The van der Waals surface area contributed by atoms with Gasteiger partial charge >= 0.3 is 0 Å². The molecule has 0 heterocycles. The number of ketones is 1. The van der Waals surface area contributed by atoms with Gasteiger partial charge in [0.15, 0.2) is 5.78 Å². The van der Waals surface area contributed by atoms with E-state index < -0.39 is 0 Å². The molecule has 0 aliphatic heterocycles. The van der Waals surface area contributed by atoms with Crippen molar-refractivity contribution < 1.29 is 9.90 Å². The second kappa shape index (κ2) is 2.80. The Morgan fingerprint density at radius 2 is 2.14 bits per heavy atom. The molecule has 74 valence electrons. The van der Waals surface area contributed by atoms with Crippen molar-refractivity contribution in [1.29, 1.82) is 0 Å². The molecule has 4 atom stereocenters. The zero-order valence-corrected chi connectivity index (χ0v) is 8.02. The lowest BCUT2D eigenvalue weighted by Gasteiger charge is -2.17. The Kier molecular flexibility index (Phi) is 1.68. The lowest BCUT2D eigenvalue weighted by atomic mass is 9.85. The van der Waals surface area contributed by atoms with E-state index in [9.17, 15) is 4.79 Å². The first-order valence-electron chi connectivity index (χ1n) is 5.35. The second-order valence-electron chi connectivity index (χ2n) is 4.58. The van der Waals surface area contributed by atoms with Gasteiger partial charge in [0.05, 0.1) is 0 Å². The van der Waals surface area contributed by atoms with Crippen LogP contribution >= 0.6 is 0 Å². The fourth-order valence-corrected chi connectivity index (χ4v) is 3.31. The molecule has 0 radical (unpaired) electrons. The molecule has 2 heteroatoms. The number of allylic oxidation sites excluding steroid dienone is 3. The van der Waals surface area contributed by atoms with E-state index in [1.165, 1.54) is 6.42 Å². The normalized spacial score (nSPS) is 43.2. The molecule has 0 saturated heterocycles. The predicted octanol–water partition coefficient (Wildman–Crippen LogP) is 1.32. The molecule has 0 aromatic carbocycles. The van der Waals surface area contributed by atoms with Crippen molar-refractivity contribution in [2.75, 3.05) is 6.61 Å². The van der Waals surface area contributed by atoms with Crippen molar-refractivity contribution in [3.05, 3.63) is 23.8 Å². The maximum absolute atomic E-state index is 12.0. The summed E-state index contributed by atoms with van der Waals surface area (Å²) in [6, 6.07) is 0. The van der Waals surface area contributed by atoms with Crippen molar-refractivity contribution in [3.8, 4) is 0 Å². The fourth-order valence-electron chi connectivity index (χ4n) is 3.31. The molecule has 3 aliphatic carbocycles. The number of aliphatic hydroxyl groups excluding tert-OH is 1. The molecule has 0 aromatic heterocycles. The van der Waals surface area contributed by atoms with Gasteiger partial charge in [-0.05, 0) is 36.2 Å². The van der Waals surface area contributed by atoms with Gasteiger partial charge in [-0.15, -0.1) is 0 Å². The van der Waals surface area contributed by atoms with Gasteiger partial charge in [-0.2, -0.15) is 0 Å². The van der Waals surface area contributed by atoms with Crippen molar-refractivity contribution in [2.45, 2.75) is 12.8 Å². The highest BCUT2D eigenvalue weighted by Crippen LogP contribution is 2.53. The SMILES string of the molecule is O=C1C(CCO)=C[C@@H]2[C@H]1[C@H]1C=C[C@@H]2C1. The van der Waals surface area contributed by atoms with E-state index in [0.717, 1.165) is 5.57 Å². The van der Waals surface area contributed by atoms with Gasteiger partial charge < -0.3 is 5.11 Å². The van der Waals surface area contributed by atoms with E-state index in [1.54, 1.807) is 0 Å². The van der Waals surface area contributed by atoms with Crippen LogP contribution in [0.2, 0.25) is 0 Å². The van der Waals surface area contributed by atoms with Crippen LogP contribution in [0, 0.1) is 23.7 Å². The number of aliphatic hydroxyl groups is 1. The number of hydrogen-bond acceptors (Lipinski definition) is 2. The number of fused-ring (bicyclic) bond motifs is 5. The van der Waals surface area contributed by atoms with E-state index in [1.807, 2.05) is 0 Å². The van der Waals surface area contributed by atoms with Crippen LogP contribution in [0.5, 0.6) is 0 Å². The molecule has 1 saturated carbocycles. The first-order chi connectivity index (χ1) is 6.81. The smallest absolute Gasteiger partial charge is 0.162 e. The third kappa shape index (κ3) is 0.921. The van der Waals surface area contributed by atoms with E-state index in [-0.39, 0.29) is 12.5 Å². The van der Waals surface area contributed by atoms with E-state index in [4.69, 9.17) is 5.11 Å². The summed E-state index contributed by atoms with van der Waals surface area (Å²) in [4.78, 5) is 12.0. The molecule has 0 aromatic rings. The average molecular weight is 190 g/mol. The lowest BCUT2D eigenvalue weighted by Crippen LogP contribution is -2.21. The van der Waals surface area contributed by atoms with Gasteiger partial charge in [-0.1, -0.05) is 18.2 Å². The van der Waals surface area contributed by atoms with Crippen molar-refractivity contribution in [2.24, 2.45) is 23.7 Å². The molecular weight excluding hydrogens is 176 g/mol. The van der Waals surface area contributed by atoms with Gasteiger partial charge in [0.25, 0.3) is 0 Å². The summed E-state index contributed by atoms with van der Waals surface area (Å²) in [6.45, 7) is 0.0970. The molecule has 0 spiro atoms. The second-order valence-corrected chi connectivity index (χ2v) is 4.58. The monoisotopic (exact) mass is 190 g/mol. The molecule has 0 unspecified atom stereocenters. The number of carbonyl (C=O) groups is 1. The Hall–Kier alpha value is -0.890. The summed E-state index contributed by atoms with van der Waals surface area (Å²) < 4.78 is 0. The predicted molar refractivity (Wildman–Crippen MR) is 52.5 cm³/mol. The van der Waals surface area contributed by atoms with Gasteiger partial charge in [-0.3, -0.25) is 4.79 Å². The van der Waals surface area contributed by atoms with E-state index in [0.29, 0.717) is 30.0 Å². The van der Waals surface area contributed by atoms with Crippen molar-refractivity contribution in [3.63, 3.8) is 0 Å². The quantitative estimate of drug-likeness (QED) is 0.667. The van der Waals surface area contributed by atoms with Crippen LogP contribution < -0.4 is 0 Å². The zero-order valence-electron chi connectivity index (χ0n) is 8.02. The Labute approximate surface area is 83.3 Å². The van der Waals surface area contributed by atoms with Gasteiger partial charge in [-0.25, -0.2) is 0 Å². The number of rotatable bonds is 2. The highest BCUT2D eigenvalue weighted by Gasteiger charge is 2.50. The molecule has 2 bridgehead atoms. The summed E-state index contributed by atoms with van der Waals surface area (Å²) in [6.07, 6.45) is 8.31. The molecule has 3 aliphatic rings. The largest absolute Gasteiger partial charge is 0.396 e. The molecule has 0 amide bonds. The summed E-state index contributed by atoms with van der Waals surface area (Å²) in [5, 5.41) is 8.85. The zero-order chi connectivity index (χ0) is 9.71. The number of carbonyl (C=O) groups excluding carboxylic acids is 1. The minimum atomic E-state index is 0.0970. The van der Waals surface area contributed by atoms with E-state index >= 15 is 0 Å². The van der Waals surface area contributed by atoms with Crippen molar-refractivity contribution >= 4 is 5.78 Å². The standard InChI is InChI=1S/C12H14O2/c13-4-3-9-6-10-7-1-2-8(5-7)11(10)12(9)14/h1-2,6-8,10-11,13H,3-5H2/t7-,8+,10+,11-/m1/s1. The highest BCUT2D eigenvalue weighted by molar-refractivity contribution is 6.00. The molecule has 3 rings (SSSR count). The minimum absolute atomic E-state index is 0.0970. The maximum atomic E-state index is 12.0. The van der Waals surface area contributed by atoms with Crippen LogP contribution in [0.4, 0.5) is 0 Å². The first kappa shape index (κ1) is 8.42. The lowest BCUT2D eigenvalue weighted by molar-refractivity contribution is -0.119. The third-order valence-corrected chi connectivity index (χ3v) is 3.91. The average Bonchev–Trinajstić information content (AvgIpc) is 2.81. The molecule has 1 N–H and O–H groups in total. The topological polar surface area (TPSA) is 37.3 Å². The Bertz CT molecular complexity index is 340. The molecule has 1 fully saturated rings. The van der Waals surface area contributed by atoms with Crippen LogP contribution in [0.15, 0.2) is 23.8 Å². The van der Waals surface area contributed by atoms with Gasteiger partial charge in [0.2, 0.25) is 0 Å². The summed E-state index contributed by atoms with van der Waals surface area (Å²) in [5.41, 5.74) is 0.876. The van der Waals surface area contributed by atoms with Crippen LogP contribution in [0.3, 0.4) is 0 Å². The van der Waals surface area contributed by atoms with Crippen LogP contribution in [0.1, 0.15) is 12.8 Å². The molecule has 2 nitrogen and oxygen atoms in total. The van der Waals surface area contributed by atoms with Crippen molar-refractivity contribution in [1.82, 2.24) is 0 Å². The van der Waals surface area contributed by atoms with E-state index in [2.05, 4.69) is 18.2 Å². The fraction of sp³-hybridized carbons (Fsp3) is 0.583. The molecular formula is C12H14O2. The van der Waals surface area contributed by atoms with Gasteiger partial charge in [0.1, 0.15) is 0 Å². The first-order valence-corrected chi connectivity index (χ1v) is 5.35. The summed E-state index contributed by atoms with van der Waals surface area (Å²) in [5.74, 6) is 2.08. The van der Waals surface area contributed by atoms with Crippen LogP contribution in [0.25, 0.3) is 0 Å². The summed E-state index contributed by atoms with van der Waals surface area (Å²) >= 11 is 0. The van der Waals surface area contributed by atoms with Gasteiger partial charge in [0, 0.05) is 12.5 Å². The minimum Gasteiger partial charge on any atom is -0.396 e. The Morgan fingerprint density at radius 3 is 2.86 bits per heavy atom. The third-order valence-electron chi connectivity index (χ3n) is 3.91.